The molecule has 1 aromatic carbocycles. The molecular weight excluding hydrogens is 314 g/mol. The second-order valence-corrected chi connectivity index (χ2v) is 7.01. The first-order valence-electron chi connectivity index (χ1n) is 8.46. The fraction of sp³-hybridized carbons (Fsp3) is 0.300. The van der Waals surface area contributed by atoms with Gasteiger partial charge in [0.25, 0.3) is 11.5 Å². The summed E-state index contributed by atoms with van der Waals surface area (Å²) < 4.78 is 3.40. The van der Waals surface area contributed by atoms with Gasteiger partial charge in [-0.05, 0) is 30.9 Å². The van der Waals surface area contributed by atoms with Crippen LogP contribution >= 0.6 is 0 Å². The van der Waals surface area contributed by atoms with Crippen LogP contribution in [0.4, 0.5) is 0 Å². The minimum absolute atomic E-state index is 0.143. The van der Waals surface area contributed by atoms with Gasteiger partial charge >= 0.3 is 0 Å². The summed E-state index contributed by atoms with van der Waals surface area (Å²) in [6, 6.07) is 10.0. The zero-order valence-electron chi connectivity index (χ0n) is 14.7. The summed E-state index contributed by atoms with van der Waals surface area (Å²) in [4.78, 5) is 25.6. The minimum Gasteiger partial charge on any atom is -0.349 e. The van der Waals surface area contributed by atoms with Crippen LogP contribution < -0.4 is 10.9 Å². The lowest BCUT2D eigenvalue weighted by molar-refractivity contribution is 0.0932. The topological polar surface area (TPSA) is 56.0 Å². The Labute approximate surface area is 145 Å². The van der Waals surface area contributed by atoms with Crippen molar-refractivity contribution in [2.45, 2.75) is 25.3 Å². The number of carbonyl (C=O) groups excluding carboxylic acids is 1. The highest BCUT2D eigenvalue weighted by atomic mass is 16.2. The summed E-state index contributed by atoms with van der Waals surface area (Å²) in [6.45, 7) is 1.95. The van der Waals surface area contributed by atoms with Gasteiger partial charge in [0.2, 0.25) is 0 Å². The molecule has 0 atom stereocenters. The van der Waals surface area contributed by atoms with Crippen LogP contribution in [0.3, 0.4) is 0 Å². The number of amides is 1. The predicted octanol–water partition coefficient (Wildman–Crippen LogP) is 2.60. The molecule has 0 spiro atoms. The zero-order chi connectivity index (χ0) is 17.8. The summed E-state index contributed by atoms with van der Waals surface area (Å²) in [7, 11) is 3.59. The number of hydrogen-bond acceptors (Lipinski definition) is 2. The van der Waals surface area contributed by atoms with Crippen molar-refractivity contribution in [1.82, 2.24) is 14.5 Å². The van der Waals surface area contributed by atoms with E-state index in [0.29, 0.717) is 10.9 Å². The van der Waals surface area contributed by atoms with Crippen LogP contribution in [-0.2, 0) is 19.6 Å². The average Bonchev–Trinajstić information content (AvgIpc) is 3.28. The second kappa shape index (κ2) is 5.34. The van der Waals surface area contributed by atoms with Gasteiger partial charge in [0.05, 0.1) is 22.0 Å². The Bertz CT molecular complexity index is 1040. The molecule has 128 valence electrons. The Morgan fingerprint density at radius 1 is 1.08 bits per heavy atom. The number of hydrogen-bond donors (Lipinski definition) is 1. The maximum absolute atomic E-state index is 13.0. The molecule has 2 aromatic heterocycles. The average molecular weight is 335 g/mol. The Hall–Kier alpha value is -2.82. The number of rotatable bonds is 3. The van der Waals surface area contributed by atoms with Crippen LogP contribution in [0.2, 0.25) is 0 Å². The number of pyridine rings is 1. The lowest BCUT2D eigenvalue weighted by Gasteiger charge is -2.17. The van der Waals surface area contributed by atoms with Crippen molar-refractivity contribution in [3.63, 3.8) is 0 Å². The molecule has 0 aliphatic heterocycles. The number of nitrogens with one attached hydrogen (secondary N) is 1. The molecular formula is C20H21N3O2. The van der Waals surface area contributed by atoms with Gasteiger partial charge in [-0.2, -0.15) is 0 Å². The van der Waals surface area contributed by atoms with E-state index in [2.05, 4.69) is 5.32 Å². The summed E-state index contributed by atoms with van der Waals surface area (Å²) in [5.41, 5.74) is 2.92. The van der Waals surface area contributed by atoms with Gasteiger partial charge in [-0.15, -0.1) is 0 Å². The van der Waals surface area contributed by atoms with Crippen LogP contribution in [0.5, 0.6) is 0 Å². The van der Waals surface area contributed by atoms with E-state index >= 15 is 0 Å². The molecule has 1 aliphatic carbocycles. The second-order valence-electron chi connectivity index (χ2n) is 7.01. The van der Waals surface area contributed by atoms with Gasteiger partial charge in [0, 0.05) is 26.5 Å². The quantitative estimate of drug-likeness (QED) is 0.800. The largest absolute Gasteiger partial charge is 0.349 e. The van der Waals surface area contributed by atoms with Crippen LogP contribution in [0.15, 0.2) is 47.5 Å². The fourth-order valence-electron chi connectivity index (χ4n) is 3.73. The van der Waals surface area contributed by atoms with E-state index in [1.807, 2.05) is 48.9 Å². The minimum atomic E-state index is -0.296. The van der Waals surface area contributed by atoms with E-state index in [1.54, 1.807) is 24.0 Å². The number of benzene rings is 1. The van der Waals surface area contributed by atoms with Crippen LogP contribution in [0.1, 0.15) is 34.3 Å². The highest BCUT2D eigenvalue weighted by Crippen LogP contribution is 2.45. The van der Waals surface area contributed by atoms with Crippen molar-refractivity contribution in [3.8, 4) is 0 Å². The van der Waals surface area contributed by atoms with E-state index in [0.717, 1.165) is 29.5 Å². The first kappa shape index (κ1) is 15.7. The molecule has 4 rings (SSSR count). The number of aryl methyl sites for hydroxylation is 3. The molecule has 1 N–H and O–H groups in total. The highest BCUT2D eigenvalue weighted by Gasteiger charge is 2.46. The van der Waals surface area contributed by atoms with Crippen LogP contribution in [0, 0.1) is 6.92 Å². The van der Waals surface area contributed by atoms with Gasteiger partial charge in [-0.25, -0.2) is 0 Å². The first-order chi connectivity index (χ1) is 11.9. The van der Waals surface area contributed by atoms with E-state index < -0.39 is 0 Å². The van der Waals surface area contributed by atoms with Crippen molar-refractivity contribution in [1.29, 1.82) is 0 Å². The molecule has 2 heterocycles. The predicted molar refractivity (Wildman–Crippen MR) is 97.7 cm³/mol. The lowest BCUT2D eigenvalue weighted by atomic mass is 10.0. The van der Waals surface area contributed by atoms with Crippen molar-refractivity contribution in [3.05, 3.63) is 69.8 Å². The molecule has 1 aliphatic rings. The SMILES string of the molecule is Cc1cn(C)c(=O)c2c(C(=O)NC3(c4ccccc4)CC3)cn(C)c12. The van der Waals surface area contributed by atoms with Gasteiger partial charge in [-0.1, -0.05) is 30.3 Å². The van der Waals surface area contributed by atoms with Gasteiger partial charge in [0.1, 0.15) is 0 Å². The van der Waals surface area contributed by atoms with Gasteiger partial charge in [-0.3, -0.25) is 9.59 Å². The molecule has 5 heteroatoms. The molecule has 25 heavy (non-hydrogen) atoms. The molecule has 3 aromatic rings. The molecule has 5 nitrogen and oxygen atoms in total. The summed E-state index contributed by atoms with van der Waals surface area (Å²) in [5, 5.41) is 3.66. The van der Waals surface area contributed by atoms with Crippen molar-refractivity contribution >= 4 is 16.8 Å². The van der Waals surface area contributed by atoms with Crippen molar-refractivity contribution in [2.24, 2.45) is 14.1 Å². The Balaban J connectivity index is 1.78. The third kappa shape index (κ3) is 2.38. The fourth-order valence-corrected chi connectivity index (χ4v) is 3.73. The third-order valence-electron chi connectivity index (χ3n) is 5.15. The molecule has 1 amide bonds. The van der Waals surface area contributed by atoms with E-state index in [4.69, 9.17) is 0 Å². The normalized spacial score (nSPS) is 15.3. The van der Waals surface area contributed by atoms with Gasteiger partial charge in [0.15, 0.2) is 0 Å². The molecule has 1 saturated carbocycles. The molecule has 0 bridgehead atoms. The first-order valence-corrected chi connectivity index (χ1v) is 8.46. The Morgan fingerprint density at radius 2 is 1.76 bits per heavy atom. The van der Waals surface area contributed by atoms with Crippen molar-refractivity contribution < 1.29 is 4.79 Å². The van der Waals surface area contributed by atoms with Crippen LogP contribution in [0.25, 0.3) is 10.9 Å². The standard InChI is InChI=1S/C20H21N3O2/c1-13-11-23(3)19(25)16-15(12-22(2)17(13)16)18(24)21-20(9-10-20)14-7-5-4-6-8-14/h4-8,11-12H,9-10H2,1-3H3,(H,21,24). The number of carbonyl (C=O) groups is 1. The summed E-state index contributed by atoms with van der Waals surface area (Å²) in [5.74, 6) is -0.186. The highest BCUT2D eigenvalue weighted by molar-refractivity contribution is 6.07. The molecule has 0 radical (unpaired) electrons. The van der Waals surface area contributed by atoms with Crippen molar-refractivity contribution in [2.75, 3.05) is 0 Å². The monoisotopic (exact) mass is 335 g/mol. The maximum atomic E-state index is 13.0. The maximum Gasteiger partial charge on any atom is 0.260 e. The zero-order valence-corrected chi connectivity index (χ0v) is 14.7. The Kier molecular flexibility index (Phi) is 3.35. The summed E-state index contributed by atoms with van der Waals surface area (Å²) >= 11 is 0. The van der Waals surface area contributed by atoms with E-state index in [-0.39, 0.29) is 17.0 Å². The molecule has 0 unspecified atom stereocenters. The van der Waals surface area contributed by atoms with Gasteiger partial charge < -0.3 is 14.5 Å². The number of aromatic nitrogens is 2. The number of nitrogens with zero attached hydrogens (tertiary/aromatic N) is 2. The smallest absolute Gasteiger partial charge is 0.260 e. The van der Waals surface area contributed by atoms with Crippen LogP contribution in [-0.4, -0.2) is 15.0 Å². The Morgan fingerprint density at radius 3 is 2.40 bits per heavy atom. The molecule has 1 fully saturated rings. The number of fused-ring (bicyclic) bond motifs is 1. The molecule has 0 saturated heterocycles. The summed E-state index contributed by atoms with van der Waals surface area (Å²) in [6.07, 6.45) is 5.41. The van der Waals surface area contributed by atoms with E-state index in [9.17, 15) is 9.59 Å². The van der Waals surface area contributed by atoms with E-state index in [1.165, 1.54) is 0 Å². The third-order valence-corrected chi connectivity index (χ3v) is 5.15. The lowest BCUT2D eigenvalue weighted by Crippen LogP contribution is -2.35.